The van der Waals surface area contributed by atoms with Crippen molar-refractivity contribution in [3.05, 3.63) is 47.2 Å². The number of aryl methyl sites for hydroxylation is 1. The molecule has 2 fully saturated rings. The fourth-order valence-corrected chi connectivity index (χ4v) is 5.11. The second kappa shape index (κ2) is 6.74. The van der Waals surface area contributed by atoms with Crippen molar-refractivity contribution in [1.82, 2.24) is 29.5 Å². The van der Waals surface area contributed by atoms with Gasteiger partial charge in [-0.2, -0.15) is 5.10 Å². The minimum Gasteiger partial charge on any atom is -0.378 e. The summed E-state index contributed by atoms with van der Waals surface area (Å²) in [5.74, 6) is 0.810. The highest BCUT2D eigenvalue weighted by atomic mass is 16.5. The van der Waals surface area contributed by atoms with E-state index in [2.05, 4.69) is 46.6 Å². The number of nitrogens with zero attached hydrogens (tertiary/aromatic N) is 7. The van der Waals surface area contributed by atoms with Crippen molar-refractivity contribution < 1.29 is 4.74 Å². The van der Waals surface area contributed by atoms with Gasteiger partial charge in [-0.25, -0.2) is 19.5 Å². The molecule has 6 heterocycles. The molecule has 0 saturated carbocycles. The first-order valence-corrected chi connectivity index (χ1v) is 10.5. The molecule has 2 atom stereocenters. The third-order valence-corrected chi connectivity index (χ3v) is 6.52. The highest BCUT2D eigenvalue weighted by molar-refractivity contribution is 5.44. The highest BCUT2D eigenvalue weighted by Gasteiger charge is 2.41. The third-order valence-electron chi connectivity index (χ3n) is 6.52. The van der Waals surface area contributed by atoms with Crippen molar-refractivity contribution in [2.45, 2.75) is 44.8 Å². The molecule has 150 valence electrons. The molecule has 2 unspecified atom stereocenters. The van der Waals surface area contributed by atoms with Gasteiger partial charge in [0.15, 0.2) is 5.65 Å². The highest BCUT2D eigenvalue weighted by Crippen LogP contribution is 2.44. The summed E-state index contributed by atoms with van der Waals surface area (Å²) in [6, 6.07) is 3.01. The summed E-state index contributed by atoms with van der Waals surface area (Å²) >= 11 is 0. The van der Waals surface area contributed by atoms with Gasteiger partial charge in [0.05, 0.1) is 24.6 Å². The van der Waals surface area contributed by atoms with Crippen LogP contribution in [0, 0.1) is 6.92 Å². The SMILES string of the molecule is Cc1cc2ncc3c(n2n1)CC1CCC3N1Cc1cnc(N2CCOCC2)nc1. The average molecular weight is 391 g/mol. The Kier molecular flexibility index (Phi) is 4.02. The van der Waals surface area contributed by atoms with Crippen molar-refractivity contribution in [1.29, 1.82) is 0 Å². The Labute approximate surface area is 169 Å². The molecular weight excluding hydrogens is 366 g/mol. The molecule has 29 heavy (non-hydrogen) atoms. The summed E-state index contributed by atoms with van der Waals surface area (Å²) in [6.45, 7) is 6.14. The number of anilines is 1. The molecule has 2 bridgehead atoms. The molecule has 0 N–H and O–H groups in total. The minimum absolute atomic E-state index is 0.407. The molecule has 8 heteroatoms. The van der Waals surface area contributed by atoms with E-state index in [1.807, 2.05) is 19.3 Å². The van der Waals surface area contributed by atoms with Gasteiger partial charge in [-0.05, 0) is 19.8 Å². The molecule has 3 aromatic rings. The summed E-state index contributed by atoms with van der Waals surface area (Å²) in [6.07, 6.45) is 9.48. The van der Waals surface area contributed by atoms with Crippen LogP contribution in [0.1, 0.15) is 41.4 Å². The smallest absolute Gasteiger partial charge is 0.225 e. The zero-order valence-electron chi connectivity index (χ0n) is 16.7. The average Bonchev–Trinajstić information content (AvgIpc) is 3.26. The van der Waals surface area contributed by atoms with Crippen LogP contribution < -0.4 is 4.90 Å². The van der Waals surface area contributed by atoms with Gasteiger partial charge >= 0.3 is 0 Å². The fraction of sp³-hybridized carbons (Fsp3) is 0.524. The summed E-state index contributed by atoms with van der Waals surface area (Å²) in [7, 11) is 0. The Morgan fingerprint density at radius 1 is 1.07 bits per heavy atom. The quantitative estimate of drug-likeness (QED) is 0.675. The van der Waals surface area contributed by atoms with E-state index in [4.69, 9.17) is 4.74 Å². The molecule has 0 radical (unpaired) electrons. The molecule has 6 rings (SSSR count). The van der Waals surface area contributed by atoms with Crippen LogP contribution in [0.4, 0.5) is 5.95 Å². The van der Waals surface area contributed by atoms with Crippen LogP contribution in [0.2, 0.25) is 0 Å². The van der Waals surface area contributed by atoms with Gasteiger partial charge in [0, 0.05) is 73.9 Å². The number of ether oxygens (including phenoxy) is 1. The predicted octanol–water partition coefficient (Wildman–Crippen LogP) is 1.93. The molecule has 8 nitrogen and oxygen atoms in total. The summed E-state index contributed by atoms with van der Waals surface area (Å²) in [4.78, 5) is 18.7. The molecule has 2 saturated heterocycles. The maximum Gasteiger partial charge on any atom is 0.225 e. The lowest BCUT2D eigenvalue weighted by Crippen LogP contribution is -2.38. The van der Waals surface area contributed by atoms with Gasteiger partial charge in [-0.3, -0.25) is 4.90 Å². The zero-order valence-corrected chi connectivity index (χ0v) is 16.7. The van der Waals surface area contributed by atoms with Crippen molar-refractivity contribution in [3.8, 4) is 0 Å². The standard InChI is InChI=1S/C21H25N7O/c1-14-8-20-22-12-17-18-3-2-16(9-19(17)28(20)25-14)27(18)13-15-10-23-21(24-11-15)26-4-6-29-7-5-26/h8,10-12,16,18H,2-7,9,13H2,1H3. The van der Waals surface area contributed by atoms with Crippen LogP contribution in [0.5, 0.6) is 0 Å². The first kappa shape index (κ1) is 17.3. The fourth-order valence-electron chi connectivity index (χ4n) is 5.11. The molecule has 0 aromatic carbocycles. The summed E-state index contributed by atoms with van der Waals surface area (Å²) < 4.78 is 7.48. The first-order valence-electron chi connectivity index (χ1n) is 10.5. The molecule has 3 aliphatic rings. The van der Waals surface area contributed by atoms with Crippen LogP contribution in [0.3, 0.4) is 0 Å². The number of fused-ring (bicyclic) bond motifs is 6. The Hall–Kier alpha value is -2.58. The predicted molar refractivity (Wildman–Crippen MR) is 108 cm³/mol. The van der Waals surface area contributed by atoms with Crippen LogP contribution in [0.15, 0.2) is 24.7 Å². The normalized spacial score (nSPS) is 24.2. The van der Waals surface area contributed by atoms with E-state index < -0.39 is 0 Å². The number of aromatic nitrogens is 5. The lowest BCUT2D eigenvalue weighted by Gasteiger charge is -2.36. The number of hydrogen-bond acceptors (Lipinski definition) is 7. The van der Waals surface area contributed by atoms with Crippen molar-refractivity contribution >= 4 is 11.6 Å². The maximum absolute atomic E-state index is 5.42. The van der Waals surface area contributed by atoms with E-state index in [0.29, 0.717) is 12.1 Å². The Morgan fingerprint density at radius 2 is 1.90 bits per heavy atom. The van der Waals surface area contributed by atoms with E-state index in [0.717, 1.165) is 56.6 Å². The van der Waals surface area contributed by atoms with Gasteiger partial charge in [0.1, 0.15) is 0 Å². The van der Waals surface area contributed by atoms with E-state index >= 15 is 0 Å². The number of hydrogen-bond donors (Lipinski definition) is 0. The van der Waals surface area contributed by atoms with Gasteiger partial charge in [-0.1, -0.05) is 0 Å². The second-order valence-electron chi connectivity index (χ2n) is 8.33. The molecule has 0 spiro atoms. The molecule has 0 amide bonds. The summed E-state index contributed by atoms with van der Waals surface area (Å²) in [5.41, 5.74) is 5.83. The molecular formula is C21H25N7O. The second-order valence-corrected chi connectivity index (χ2v) is 8.33. The number of morpholine rings is 1. The third kappa shape index (κ3) is 2.89. The topological polar surface area (TPSA) is 71.7 Å². The van der Waals surface area contributed by atoms with E-state index in [9.17, 15) is 0 Å². The Balaban J connectivity index is 1.25. The minimum atomic E-state index is 0.407. The Morgan fingerprint density at radius 3 is 2.72 bits per heavy atom. The maximum atomic E-state index is 5.42. The van der Waals surface area contributed by atoms with Gasteiger partial charge in [0.2, 0.25) is 5.95 Å². The largest absolute Gasteiger partial charge is 0.378 e. The van der Waals surface area contributed by atoms with E-state index in [1.54, 1.807) is 0 Å². The van der Waals surface area contributed by atoms with Crippen LogP contribution in [0.25, 0.3) is 5.65 Å². The van der Waals surface area contributed by atoms with Crippen LogP contribution in [-0.2, 0) is 17.7 Å². The van der Waals surface area contributed by atoms with Gasteiger partial charge in [-0.15, -0.1) is 0 Å². The van der Waals surface area contributed by atoms with Crippen LogP contribution >= 0.6 is 0 Å². The van der Waals surface area contributed by atoms with Crippen molar-refractivity contribution in [2.75, 3.05) is 31.2 Å². The van der Waals surface area contributed by atoms with E-state index in [1.165, 1.54) is 29.7 Å². The first-order chi connectivity index (χ1) is 14.3. The Bertz CT molecular complexity index is 1040. The van der Waals surface area contributed by atoms with E-state index in [-0.39, 0.29) is 0 Å². The van der Waals surface area contributed by atoms with Crippen molar-refractivity contribution in [2.24, 2.45) is 0 Å². The lowest BCUT2D eigenvalue weighted by molar-refractivity contribution is 0.122. The number of rotatable bonds is 3. The van der Waals surface area contributed by atoms with Gasteiger partial charge in [0.25, 0.3) is 0 Å². The van der Waals surface area contributed by atoms with Crippen molar-refractivity contribution in [3.63, 3.8) is 0 Å². The van der Waals surface area contributed by atoms with Gasteiger partial charge < -0.3 is 9.64 Å². The lowest BCUT2D eigenvalue weighted by atomic mass is 9.98. The molecule has 3 aliphatic heterocycles. The molecule has 0 aliphatic carbocycles. The zero-order chi connectivity index (χ0) is 19.4. The monoisotopic (exact) mass is 391 g/mol. The molecule has 3 aromatic heterocycles. The summed E-state index contributed by atoms with van der Waals surface area (Å²) in [5, 5.41) is 4.69. The van der Waals surface area contributed by atoms with Crippen LogP contribution in [-0.4, -0.2) is 61.8 Å².